The summed E-state index contributed by atoms with van der Waals surface area (Å²) < 4.78 is 25.5. The number of carbonyl (C=O) groups is 1. The molecule has 0 aliphatic rings. The van der Waals surface area contributed by atoms with Gasteiger partial charge in [-0.2, -0.15) is 5.10 Å². The van der Waals surface area contributed by atoms with Gasteiger partial charge in [0.2, 0.25) is 0 Å². The molecule has 3 N–H and O–H groups in total. The summed E-state index contributed by atoms with van der Waals surface area (Å²) in [6.07, 6.45) is 0. The molecule has 0 bridgehead atoms. The van der Waals surface area contributed by atoms with Crippen molar-refractivity contribution in [1.82, 2.24) is 15.5 Å². The van der Waals surface area contributed by atoms with E-state index in [1.54, 1.807) is 6.92 Å². The molecule has 1 aromatic rings. The number of hydrogen-bond donors (Lipinski definition) is 3. The van der Waals surface area contributed by atoms with Crippen molar-refractivity contribution >= 4 is 5.91 Å². The number of alkyl halides is 2. The van der Waals surface area contributed by atoms with Crippen molar-refractivity contribution in [2.45, 2.75) is 19.8 Å². The van der Waals surface area contributed by atoms with Gasteiger partial charge in [0.1, 0.15) is 12.2 Å². The fourth-order valence-electron chi connectivity index (χ4n) is 1.25. The molecule has 8 heteroatoms. The zero-order chi connectivity index (χ0) is 13.9. The lowest BCUT2D eigenvalue weighted by Gasteiger charge is -2.14. The van der Waals surface area contributed by atoms with Crippen LogP contribution in [-0.4, -0.2) is 40.3 Å². The number of aromatic nitrogens is 2. The van der Waals surface area contributed by atoms with Crippen molar-refractivity contribution in [3.63, 3.8) is 0 Å². The minimum absolute atomic E-state index is 0.253. The van der Waals surface area contributed by atoms with E-state index < -0.39 is 30.5 Å². The molecule has 0 radical (unpaired) electrons. The number of nitrogens with one attached hydrogen (secondary N) is 2. The molecule has 1 aromatic heterocycles. The summed E-state index contributed by atoms with van der Waals surface area (Å²) in [5.74, 6) is -4.34. The number of rotatable bonds is 4. The number of halogens is 2. The van der Waals surface area contributed by atoms with Gasteiger partial charge in [0.15, 0.2) is 0 Å². The Morgan fingerprint density at radius 1 is 1.50 bits per heavy atom. The maximum Gasteiger partial charge on any atom is 0.287 e. The molecule has 0 aliphatic carbocycles. The van der Waals surface area contributed by atoms with Crippen LogP contribution < -0.4 is 10.9 Å². The first-order chi connectivity index (χ1) is 8.28. The highest BCUT2D eigenvalue weighted by Gasteiger charge is 2.29. The number of aryl methyl sites for hydroxylation is 1. The summed E-state index contributed by atoms with van der Waals surface area (Å²) >= 11 is 0. The summed E-state index contributed by atoms with van der Waals surface area (Å²) in [6.45, 7) is 0.654. The Bertz CT molecular complexity index is 514. The highest BCUT2D eigenvalue weighted by molar-refractivity contribution is 5.95. The van der Waals surface area contributed by atoms with E-state index in [0.29, 0.717) is 11.3 Å². The second-order valence-corrected chi connectivity index (χ2v) is 3.83. The Kier molecular flexibility index (Phi) is 4.12. The number of amides is 1. The van der Waals surface area contributed by atoms with Crippen molar-refractivity contribution in [1.29, 1.82) is 0 Å². The monoisotopic (exact) mass is 261 g/mol. The molecule has 0 aromatic carbocycles. The lowest BCUT2D eigenvalue weighted by molar-refractivity contribution is -0.0462. The third-order valence-electron chi connectivity index (χ3n) is 2.44. The molecule has 18 heavy (non-hydrogen) atoms. The summed E-state index contributed by atoms with van der Waals surface area (Å²) in [5, 5.41) is 16.0. The normalized spacial score (nSPS) is 11.4. The standard InChI is InChI=1S/C10H13F2N3O3/c1-5-6(2)14-15-9(18)7(5)8(17)13-3-10(11,12)4-16/h16H,3-4H2,1-2H3,(H,13,17)(H,15,18). The fraction of sp³-hybridized carbons (Fsp3) is 0.500. The van der Waals surface area contributed by atoms with Crippen LogP contribution in [0.5, 0.6) is 0 Å². The van der Waals surface area contributed by atoms with Gasteiger partial charge in [-0.3, -0.25) is 9.59 Å². The van der Waals surface area contributed by atoms with Crippen LogP contribution in [0.2, 0.25) is 0 Å². The minimum Gasteiger partial charge on any atom is -0.390 e. The zero-order valence-corrected chi connectivity index (χ0v) is 9.88. The van der Waals surface area contributed by atoms with E-state index in [9.17, 15) is 18.4 Å². The third-order valence-corrected chi connectivity index (χ3v) is 2.44. The Hall–Kier alpha value is -1.83. The van der Waals surface area contributed by atoms with E-state index in [0.717, 1.165) is 0 Å². The summed E-state index contributed by atoms with van der Waals surface area (Å²) in [4.78, 5) is 23.0. The molecular weight excluding hydrogens is 248 g/mol. The van der Waals surface area contributed by atoms with E-state index >= 15 is 0 Å². The average molecular weight is 261 g/mol. The molecule has 6 nitrogen and oxygen atoms in total. The van der Waals surface area contributed by atoms with Crippen molar-refractivity contribution in [2.75, 3.05) is 13.2 Å². The van der Waals surface area contributed by atoms with E-state index in [1.165, 1.54) is 6.92 Å². The smallest absolute Gasteiger partial charge is 0.287 e. The largest absolute Gasteiger partial charge is 0.390 e. The lowest BCUT2D eigenvalue weighted by Crippen LogP contribution is -2.41. The Morgan fingerprint density at radius 3 is 2.67 bits per heavy atom. The van der Waals surface area contributed by atoms with Gasteiger partial charge in [-0.1, -0.05) is 0 Å². The number of carbonyl (C=O) groups excluding carboxylic acids is 1. The van der Waals surface area contributed by atoms with Crippen LogP contribution in [0.25, 0.3) is 0 Å². The maximum atomic E-state index is 12.7. The molecule has 0 saturated heterocycles. The van der Waals surface area contributed by atoms with E-state index in [2.05, 4.69) is 10.2 Å². The first kappa shape index (κ1) is 14.2. The molecule has 100 valence electrons. The molecule has 1 heterocycles. The summed E-state index contributed by atoms with van der Waals surface area (Å²) in [5.41, 5.74) is -0.253. The van der Waals surface area contributed by atoms with E-state index in [1.807, 2.05) is 5.32 Å². The van der Waals surface area contributed by atoms with Crippen LogP contribution in [0.15, 0.2) is 4.79 Å². The zero-order valence-electron chi connectivity index (χ0n) is 9.88. The number of aliphatic hydroxyl groups excluding tert-OH is 1. The topological polar surface area (TPSA) is 95.1 Å². The van der Waals surface area contributed by atoms with Gasteiger partial charge in [0.25, 0.3) is 17.4 Å². The van der Waals surface area contributed by atoms with Gasteiger partial charge in [0.05, 0.1) is 12.2 Å². The van der Waals surface area contributed by atoms with Gasteiger partial charge in [-0.15, -0.1) is 0 Å². The van der Waals surface area contributed by atoms with E-state index in [-0.39, 0.29) is 5.56 Å². The third kappa shape index (κ3) is 3.10. The minimum atomic E-state index is -3.42. The van der Waals surface area contributed by atoms with Crippen LogP contribution in [0.1, 0.15) is 21.6 Å². The van der Waals surface area contributed by atoms with Crippen LogP contribution in [0.3, 0.4) is 0 Å². The number of nitrogens with zero attached hydrogens (tertiary/aromatic N) is 1. The number of H-pyrrole nitrogens is 1. The van der Waals surface area contributed by atoms with Crippen molar-refractivity contribution in [3.05, 3.63) is 27.2 Å². The van der Waals surface area contributed by atoms with Gasteiger partial charge < -0.3 is 10.4 Å². The molecule has 0 aliphatic heterocycles. The molecular formula is C10H13F2N3O3. The maximum absolute atomic E-state index is 12.7. The van der Waals surface area contributed by atoms with Crippen molar-refractivity contribution in [3.8, 4) is 0 Å². The molecule has 0 saturated carbocycles. The average Bonchev–Trinajstić information content (AvgIpc) is 2.32. The molecule has 0 atom stereocenters. The van der Waals surface area contributed by atoms with Gasteiger partial charge in [-0.25, -0.2) is 13.9 Å². The summed E-state index contributed by atoms with van der Waals surface area (Å²) in [6, 6.07) is 0. The Morgan fingerprint density at radius 2 is 2.11 bits per heavy atom. The lowest BCUT2D eigenvalue weighted by atomic mass is 10.1. The van der Waals surface area contributed by atoms with Crippen molar-refractivity contribution < 1.29 is 18.7 Å². The first-order valence-electron chi connectivity index (χ1n) is 5.11. The Labute approximate surface area is 101 Å². The highest BCUT2D eigenvalue weighted by atomic mass is 19.3. The molecule has 0 fully saturated rings. The molecule has 1 rings (SSSR count). The predicted octanol–water partition coefficient (Wildman–Crippen LogP) is -0.256. The number of hydrogen-bond acceptors (Lipinski definition) is 4. The van der Waals surface area contributed by atoms with Crippen LogP contribution in [-0.2, 0) is 0 Å². The molecule has 0 spiro atoms. The van der Waals surface area contributed by atoms with E-state index in [4.69, 9.17) is 5.11 Å². The van der Waals surface area contributed by atoms with Gasteiger partial charge in [-0.05, 0) is 19.4 Å². The second-order valence-electron chi connectivity index (χ2n) is 3.83. The van der Waals surface area contributed by atoms with Gasteiger partial charge >= 0.3 is 0 Å². The second kappa shape index (κ2) is 5.21. The molecule has 1 amide bonds. The first-order valence-corrected chi connectivity index (χ1v) is 5.11. The van der Waals surface area contributed by atoms with Crippen LogP contribution in [0, 0.1) is 13.8 Å². The Balaban J connectivity index is 2.93. The quantitative estimate of drug-likeness (QED) is 0.696. The van der Waals surface area contributed by atoms with Gasteiger partial charge in [0, 0.05) is 0 Å². The highest BCUT2D eigenvalue weighted by Crippen LogP contribution is 2.11. The van der Waals surface area contributed by atoms with Crippen LogP contribution in [0.4, 0.5) is 8.78 Å². The van der Waals surface area contributed by atoms with Crippen LogP contribution >= 0.6 is 0 Å². The van der Waals surface area contributed by atoms with Crippen molar-refractivity contribution in [2.24, 2.45) is 0 Å². The number of aromatic amines is 1. The SMILES string of the molecule is Cc1n[nH]c(=O)c(C(=O)NCC(F)(F)CO)c1C. The number of aliphatic hydroxyl groups is 1. The predicted molar refractivity (Wildman–Crippen MR) is 58.7 cm³/mol. The summed E-state index contributed by atoms with van der Waals surface area (Å²) in [7, 11) is 0. The fourth-order valence-corrected chi connectivity index (χ4v) is 1.25. The molecule has 0 unspecified atom stereocenters.